The average Bonchev–Trinajstić information content (AvgIpc) is 2.37. The third kappa shape index (κ3) is 2.80. The van der Waals surface area contributed by atoms with Crippen molar-refractivity contribution in [3.63, 3.8) is 0 Å². The number of carboxylic acid groups (broad SMARTS) is 1. The number of nitrogens with one attached hydrogen (secondary N) is 1. The number of hydrogen-bond acceptors (Lipinski definition) is 3. The van der Waals surface area contributed by atoms with Gasteiger partial charge in [0.1, 0.15) is 0 Å². The Morgan fingerprint density at radius 3 is 2.73 bits per heavy atom. The van der Waals surface area contributed by atoms with Crippen molar-refractivity contribution in [1.82, 2.24) is 5.31 Å². The van der Waals surface area contributed by atoms with Crippen LogP contribution in [-0.2, 0) is 0 Å². The molecule has 1 aromatic carbocycles. The van der Waals surface area contributed by atoms with E-state index in [1.54, 1.807) is 12.1 Å². The van der Waals surface area contributed by atoms with E-state index in [0.29, 0.717) is 6.42 Å². The van der Waals surface area contributed by atoms with Crippen molar-refractivity contribution >= 4 is 11.9 Å². The van der Waals surface area contributed by atoms with Gasteiger partial charge in [-0.15, -0.1) is 0 Å². The Bertz CT molecular complexity index is 423. The van der Waals surface area contributed by atoms with Crippen LogP contribution in [0.4, 0.5) is 0 Å². The molecule has 0 bridgehead atoms. The first-order chi connectivity index (χ1) is 8.11. The van der Waals surface area contributed by atoms with Crippen molar-refractivity contribution in [3.05, 3.63) is 35.4 Å². The summed E-state index contributed by atoms with van der Waals surface area (Å²) in [6.07, 6.45) is 0.653. The topological polar surface area (TPSA) is 66.4 Å². The Hall–Kier alpha value is -1.84. The number of aromatic carboxylic acids is 1. The number of carbonyl (C=O) groups is 2. The molecule has 0 aliphatic heterocycles. The van der Waals surface area contributed by atoms with Crippen LogP contribution in [0, 0.1) is 0 Å². The summed E-state index contributed by atoms with van der Waals surface area (Å²) in [4.78, 5) is 23.1. The lowest BCUT2D eigenvalue weighted by Crippen LogP contribution is -2.25. The van der Waals surface area contributed by atoms with Crippen molar-refractivity contribution in [2.75, 3.05) is 6.54 Å². The van der Waals surface area contributed by atoms with Crippen LogP contribution in [-0.4, -0.2) is 23.5 Å². The maximum Gasteiger partial charge on any atom is 0.336 e. The van der Waals surface area contributed by atoms with Crippen LogP contribution in [0.25, 0.3) is 1.43 Å². The van der Waals surface area contributed by atoms with Crippen molar-refractivity contribution in [2.45, 2.75) is 13.3 Å². The molecule has 0 unspecified atom stereocenters. The Morgan fingerprint density at radius 2 is 2.13 bits per heavy atom. The van der Waals surface area contributed by atoms with Gasteiger partial charge in [-0.3, -0.25) is 4.79 Å². The summed E-state index contributed by atoms with van der Waals surface area (Å²) in [5, 5.41) is 4.63. The fourth-order valence-electron chi connectivity index (χ4n) is 1.15. The highest BCUT2D eigenvalue weighted by Crippen LogP contribution is 2.08. The summed E-state index contributed by atoms with van der Waals surface area (Å²) in [5.74, 6) is -1.48. The quantitative estimate of drug-likeness (QED) is 0.790. The molecule has 2 N–H and O–H groups in total. The molecule has 0 saturated heterocycles. The molecule has 0 aliphatic carbocycles. The Labute approximate surface area is 90.9 Å². The first-order valence-electron chi connectivity index (χ1n) is 5.54. The van der Waals surface area contributed by atoms with Gasteiger partial charge in [0.05, 0.1) is 11.1 Å². The van der Waals surface area contributed by atoms with E-state index in [1.165, 1.54) is 12.1 Å². The summed E-state index contributed by atoms with van der Waals surface area (Å²) in [6.45, 7) is 2.13. The third-order valence-electron chi connectivity index (χ3n) is 1.86. The largest absolute Gasteiger partial charge is 0.478 e. The number of rotatable bonds is 4. The van der Waals surface area contributed by atoms with E-state index < -0.39 is 11.9 Å². The van der Waals surface area contributed by atoms with Crippen LogP contribution in [0.5, 0.6) is 0 Å². The molecule has 1 rings (SSSR count). The number of hydrogen-bond donors (Lipinski definition) is 2. The van der Waals surface area contributed by atoms with Crippen molar-refractivity contribution in [1.29, 1.82) is 1.43 Å². The Morgan fingerprint density at radius 1 is 1.47 bits per heavy atom. The highest BCUT2D eigenvalue weighted by molar-refractivity contribution is 6.04. The van der Waals surface area contributed by atoms with Gasteiger partial charge in [-0.1, -0.05) is 19.1 Å². The average molecular weight is 209 g/mol. The smallest absolute Gasteiger partial charge is 0.336 e. The third-order valence-corrected chi connectivity index (χ3v) is 1.86. The Balaban J connectivity index is 3.05. The standard InChI is InChI=1S/C11H13NO3/c1-2-7-12-10(13)8-5-3-4-6-9(8)11(14)15/h3-6H,2,7H2,1H3,(H,12,13)(H,14,15)/i/hD2. The normalized spacial score (nSPS) is 11.3. The zero-order valence-electron chi connectivity index (χ0n) is 10.4. The fraction of sp³-hybridized carbons (Fsp3) is 0.273. The molecule has 0 radical (unpaired) electrons. The van der Waals surface area contributed by atoms with Crippen LogP contribution >= 0.6 is 0 Å². The maximum atomic E-state index is 11.8. The van der Waals surface area contributed by atoms with E-state index in [4.69, 9.17) is 2.84 Å². The highest BCUT2D eigenvalue weighted by Gasteiger charge is 2.14. The molecule has 0 aromatic heterocycles. The molecule has 4 heteroatoms. The molecular weight excluding hydrogens is 194 g/mol. The van der Waals surface area contributed by atoms with E-state index >= 15 is 0 Å². The van der Waals surface area contributed by atoms with Gasteiger partial charge >= 0.3 is 5.97 Å². The molecule has 0 heterocycles. The van der Waals surface area contributed by atoms with Crippen LogP contribution in [0.15, 0.2) is 24.3 Å². The molecule has 80 valence electrons. The lowest BCUT2D eigenvalue weighted by Gasteiger charge is -2.05. The fourth-order valence-corrected chi connectivity index (χ4v) is 1.15. The second-order valence-electron chi connectivity index (χ2n) is 3.02. The molecule has 1 aromatic rings. The second-order valence-corrected chi connectivity index (χ2v) is 3.02. The second kappa shape index (κ2) is 5.14. The molecule has 15 heavy (non-hydrogen) atoms. The number of amides is 1. The van der Waals surface area contributed by atoms with Crippen molar-refractivity contribution < 1.29 is 16.1 Å². The van der Waals surface area contributed by atoms with Gasteiger partial charge in [0, 0.05) is 6.54 Å². The molecular formula is C11H13NO3. The molecule has 0 fully saturated rings. The lowest BCUT2D eigenvalue weighted by molar-refractivity contribution is 0.0691. The van der Waals surface area contributed by atoms with Gasteiger partial charge in [-0.05, 0) is 18.6 Å². The number of carbonyl (C=O) groups excluding carboxylic acids is 1. The summed E-state index contributed by atoms with van der Waals surface area (Å²) in [7, 11) is 0. The van der Waals surface area contributed by atoms with Crippen LogP contribution in [0.1, 0.15) is 34.1 Å². The van der Waals surface area contributed by atoms with Gasteiger partial charge in [0.15, 0.2) is 1.41 Å². The first kappa shape index (κ1) is 8.47. The van der Waals surface area contributed by atoms with Gasteiger partial charge < -0.3 is 10.4 Å². The predicted octanol–water partition coefficient (Wildman–Crippen LogP) is 1.52. The molecule has 0 spiro atoms. The summed E-state index contributed by atoms with van der Waals surface area (Å²) >= 11 is 0. The summed E-state index contributed by atoms with van der Waals surface area (Å²) in [6, 6.07) is 5.99. The molecule has 1 amide bonds. The van der Waals surface area contributed by atoms with Crippen LogP contribution < -0.4 is 5.31 Å². The van der Waals surface area contributed by atoms with E-state index in [2.05, 4.69) is 5.11 Å². The molecule has 0 saturated carbocycles. The zero-order valence-corrected chi connectivity index (χ0v) is 8.40. The minimum Gasteiger partial charge on any atom is -0.478 e. The van der Waals surface area contributed by atoms with E-state index in [-0.39, 0.29) is 17.7 Å². The minimum atomic E-state index is -0.904. The molecule has 0 aliphatic rings. The zero-order chi connectivity index (χ0) is 12.8. The number of benzene rings is 1. The summed E-state index contributed by atoms with van der Waals surface area (Å²) in [5.41, 5.74) is 0.0778. The van der Waals surface area contributed by atoms with Gasteiger partial charge in [-0.25, -0.2) is 4.79 Å². The van der Waals surface area contributed by atoms with Crippen molar-refractivity contribution in [2.24, 2.45) is 0 Å². The van der Waals surface area contributed by atoms with Crippen LogP contribution in [0.3, 0.4) is 0 Å². The number of carboxylic acids is 1. The molecule has 0 atom stereocenters. The predicted molar refractivity (Wildman–Crippen MR) is 56.0 cm³/mol. The lowest BCUT2D eigenvalue weighted by atomic mass is 10.1. The molecule has 4 nitrogen and oxygen atoms in total. The Kier molecular flexibility index (Phi) is 2.90. The SMILES string of the molecule is [2H]OC(=O)c1ccccc1C(=O)N([2H])CCC. The maximum absolute atomic E-state index is 11.8. The van der Waals surface area contributed by atoms with E-state index in [0.717, 1.165) is 5.31 Å². The van der Waals surface area contributed by atoms with Gasteiger partial charge in [0.2, 0.25) is 0 Å². The van der Waals surface area contributed by atoms with E-state index in [9.17, 15) is 9.59 Å². The van der Waals surface area contributed by atoms with Crippen molar-refractivity contribution in [3.8, 4) is 0 Å². The highest BCUT2D eigenvalue weighted by atomic mass is 16.4. The first-order valence-corrected chi connectivity index (χ1v) is 4.69. The monoisotopic (exact) mass is 209 g/mol. The van der Waals surface area contributed by atoms with Gasteiger partial charge in [-0.2, -0.15) is 0 Å². The van der Waals surface area contributed by atoms with Crippen LogP contribution in [0.2, 0.25) is 1.41 Å². The minimum absolute atomic E-state index is 0.000790. The van der Waals surface area contributed by atoms with Gasteiger partial charge in [0.25, 0.3) is 7.34 Å². The van der Waals surface area contributed by atoms with E-state index in [1.807, 2.05) is 6.92 Å². The summed E-state index contributed by atoms with van der Waals surface area (Å²) < 4.78 is 14.0.